The molecule has 0 aliphatic rings. The molecule has 1 rings (SSSR count). The fourth-order valence-corrected chi connectivity index (χ4v) is 2.82. The zero-order chi connectivity index (χ0) is 14.5. The summed E-state index contributed by atoms with van der Waals surface area (Å²) in [4.78, 5) is 10.6. The topological polar surface area (TPSA) is 84.5 Å². The fraction of sp³-hybridized carbons (Fsp3) is 0.364. The third-order valence-corrected chi connectivity index (χ3v) is 3.92. The number of carbonyl (C=O) groups is 1. The quantitative estimate of drug-likeness (QED) is 0.760. The van der Waals surface area contributed by atoms with Gasteiger partial charge in [0.2, 0.25) is 15.9 Å². The lowest BCUT2D eigenvalue weighted by atomic mass is 10.3. The largest absolute Gasteiger partial charge is 0.495 e. The summed E-state index contributed by atoms with van der Waals surface area (Å²) in [6.45, 7) is 1.64. The normalized spacial score (nSPS) is 11.1. The highest BCUT2D eigenvalue weighted by atomic mass is 35.5. The van der Waals surface area contributed by atoms with Crippen molar-refractivity contribution in [3.63, 3.8) is 0 Å². The van der Waals surface area contributed by atoms with Crippen molar-refractivity contribution in [2.24, 2.45) is 0 Å². The van der Waals surface area contributed by atoms with E-state index in [2.05, 4.69) is 10.0 Å². The molecule has 106 valence electrons. The van der Waals surface area contributed by atoms with E-state index in [0.29, 0.717) is 5.02 Å². The number of amides is 1. The van der Waals surface area contributed by atoms with Crippen molar-refractivity contribution >= 4 is 27.5 Å². The van der Waals surface area contributed by atoms with Crippen molar-refractivity contribution < 1.29 is 17.9 Å². The number of hydrogen-bond acceptors (Lipinski definition) is 4. The standard InChI is InChI=1S/C11H15ClN2O4S/c1-8(15)13-5-6-14-19(16,17)11-7-9(12)3-4-10(11)18-2/h3-4,7,14H,5-6H2,1-2H3,(H,13,15). The summed E-state index contributed by atoms with van der Waals surface area (Å²) in [5, 5.41) is 2.78. The Morgan fingerprint density at radius 3 is 2.63 bits per heavy atom. The molecule has 0 spiro atoms. The van der Waals surface area contributed by atoms with Crippen LogP contribution in [0.4, 0.5) is 0 Å². The van der Waals surface area contributed by atoms with Crippen LogP contribution < -0.4 is 14.8 Å². The van der Waals surface area contributed by atoms with Gasteiger partial charge in [0.15, 0.2) is 0 Å². The van der Waals surface area contributed by atoms with Gasteiger partial charge in [0.1, 0.15) is 10.6 Å². The van der Waals surface area contributed by atoms with E-state index >= 15 is 0 Å². The molecule has 0 saturated heterocycles. The Kier molecular flexibility index (Phi) is 5.59. The number of halogens is 1. The van der Waals surface area contributed by atoms with Crippen molar-refractivity contribution in [2.75, 3.05) is 20.2 Å². The molecule has 1 amide bonds. The van der Waals surface area contributed by atoms with Gasteiger partial charge in [-0.25, -0.2) is 13.1 Å². The van der Waals surface area contributed by atoms with Crippen LogP contribution in [0.25, 0.3) is 0 Å². The maximum atomic E-state index is 12.0. The lowest BCUT2D eigenvalue weighted by molar-refractivity contribution is -0.118. The van der Waals surface area contributed by atoms with Crippen LogP contribution in [0.1, 0.15) is 6.92 Å². The maximum absolute atomic E-state index is 12.0. The minimum absolute atomic E-state index is 0.0367. The molecule has 0 aromatic heterocycles. The van der Waals surface area contributed by atoms with Gasteiger partial charge in [0.25, 0.3) is 0 Å². The van der Waals surface area contributed by atoms with Crippen LogP contribution in [0.2, 0.25) is 5.02 Å². The van der Waals surface area contributed by atoms with Crippen LogP contribution in [0, 0.1) is 0 Å². The summed E-state index contributed by atoms with van der Waals surface area (Å²) in [6.07, 6.45) is 0. The summed E-state index contributed by atoms with van der Waals surface area (Å²) in [5.74, 6) is -0.0176. The van der Waals surface area contributed by atoms with Gasteiger partial charge in [0.05, 0.1) is 7.11 Å². The van der Waals surface area contributed by atoms with Crippen molar-refractivity contribution in [1.29, 1.82) is 0 Å². The molecule has 0 radical (unpaired) electrons. The van der Waals surface area contributed by atoms with Crippen LogP contribution >= 0.6 is 11.6 Å². The number of ether oxygens (including phenoxy) is 1. The molecule has 19 heavy (non-hydrogen) atoms. The van der Waals surface area contributed by atoms with Crippen LogP contribution in [0.5, 0.6) is 5.75 Å². The van der Waals surface area contributed by atoms with Crippen molar-refractivity contribution in [3.05, 3.63) is 23.2 Å². The molecular weight excluding hydrogens is 292 g/mol. The first-order valence-corrected chi connectivity index (χ1v) is 7.30. The van der Waals surface area contributed by atoms with E-state index in [0.717, 1.165) is 0 Å². The SMILES string of the molecule is COc1ccc(Cl)cc1S(=O)(=O)NCCNC(C)=O. The number of benzene rings is 1. The van der Waals surface area contributed by atoms with Gasteiger partial charge in [-0.1, -0.05) is 11.6 Å². The molecule has 0 bridgehead atoms. The van der Waals surface area contributed by atoms with Gasteiger partial charge < -0.3 is 10.1 Å². The molecule has 0 saturated carbocycles. The monoisotopic (exact) mass is 306 g/mol. The number of methoxy groups -OCH3 is 1. The lowest BCUT2D eigenvalue weighted by Gasteiger charge is -2.11. The maximum Gasteiger partial charge on any atom is 0.244 e. The molecule has 0 atom stereocenters. The van der Waals surface area contributed by atoms with E-state index in [4.69, 9.17) is 16.3 Å². The van der Waals surface area contributed by atoms with Crippen LogP contribution in [0.15, 0.2) is 23.1 Å². The average molecular weight is 307 g/mol. The average Bonchev–Trinajstić information content (AvgIpc) is 2.34. The van der Waals surface area contributed by atoms with Gasteiger partial charge in [-0.05, 0) is 18.2 Å². The van der Waals surface area contributed by atoms with E-state index in [1.165, 1.54) is 32.2 Å². The number of hydrogen-bond donors (Lipinski definition) is 2. The highest BCUT2D eigenvalue weighted by Crippen LogP contribution is 2.26. The first-order valence-electron chi connectivity index (χ1n) is 5.44. The zero-order valence-electron chi connectivity index (χ0n) is 10.6. The van der Waals surface area contributed by atoms with E-state index in [-0.39, 0.29) is 29.6 Å². The van der Waals surface area contributed by atoms with Crippen LogP contribution in [-0.2, 0) is 14.8 Å². The van der Waals surface area contributed by atoms with Gasteiger partial charge in [-0.15, -0.1) is 0 Å². The van der Waals surface area contributed by atoms with E-state index in [1.807, 2.05) is 0 Å². The van der Waals surface area contributed by atoms with Gasteiger partial charge in [-0.2, -0.15) is 0 Å². The number of carbonyl (C=O) groups excluding carboxylic acids is 1. The molecule has 0 aliphatic heterocycles. The second-order valence-electron chi connectivity index (χ2n) is 3.68. The lowest BCUT2D eigenvalue weighted by Crippen LogP contribution is -2.33. The van der Waals surface area contributed by atoms with Gasteiger partial charge >= 0.3 is 0 Å². The summed E-state index contributed by atoms with van der Waals surface area (Å²) >= 11 is 5.78. The number of sulfonamides is 1. The molecule has 0 fully saturated rings. The Labute approximate surface area is 117 Å². The third kappa shape index (κ3) is 4.70. The first kappa shape index (κ1) is 15.7. The van der Waals surface area contributed by atoms with Crippen LogP contribution in [-0.4, -0.2) is 34.5 Å². The van der Waals surface area contributed by atoms with E-state index < -0.39 is 10.0 Å². The highest BCUT2D eigenvalue weighted by molar-refractivity contribution is 7.89. The highest BCUT2D eigenvalue weighted by Gasteiger charge is 2.19. The second-order valence-corrected chi connectivity index (χ2v) is 5.85. The smallest absolute Gasteiger partial charge is 0.244 e. The minimum atomic E-state index is -3.73. The predicted molar refractivity (Wildman–Crippen MR) is 71.9 cm³/mol. The molecule has 1 aromatic carbocycles. The third-order valence-electron chi connectivity index (χ3n) is 2.21. The summed E-state index contributed by atoms with van der Waals surface area (Å²) < 4.78 is 31.4. The Balaban J connectivity index is 2.82. The first-order chi connectivity index (χ1) is 8.86. The summed E-state index contributed by atoms with van der Waals surface area (Å²) in [5.41, 5.74) is 0. The van der Waals surface area contributed by atoms with E-state index in [9.17, 15) is 13.2 Å². The number of nitrogens with one attached hydrogen (secondary N) is 2. The van der Waals surface area contributed by atoms with Crippen molar-refractivity contribution in [1.82, 2.24) is 10.0 Å². The van der Waals surface area contributed by atoms with E-state index in [1.54, 1.807) is 0 Å². The molecule has 0 aliphatic carbocycles. The van der Waals surface area contributed by atoms with Gasteiger partial charge in [-0.3, -0.25) is 4.79 Å². The molecule has 1 aromatic rings. The fourth-order valence-electron chi connectivity index (χ4n) is 1.36. The Morgan fingerprint density at radius 1 is 1.37 bits per heavy atom. The zero-order valence-corrected chi connectivity index (χ0v) is 12.1. The van der Waals surface area contributed by atoms with Gasteiger partial charge in [0, 0.05) is 25.0 Å². The Hall–Kier alpha value is -1.31. The van der Waals surface area contributed by atoms with Crippen molar-refractivity contribution in [2.45, 2.75) is 11.8 Å². The molecule has 2 N–H and O–H groups in total. The van der Waals surface area contributed by atoms with Crippen molar-refractivity contribution in [3.8, 4) is 5.75 Å². The number of rotatable bonds is 6. The molecule has 0 unspecified atom stereocenters. The molecule has 0 heterocycles. The molecule has 8 heteroatoms. The molecule has 6 nitrogen and oxygen atoms in total. The minimum Gasteiger partial charge on any atom is -0.495 e. The predicted octanol–water partition coefficient (Wildman–Crippen LogP) is 0.763. The Morgan fingerprint density at radius 2 is 2.05 bits per heavy atom. The molecular formula is C11H15ClN2O4S. The van der Waals surface area contributed by atoms with Crippen LogP contribution in [0.3, 0.4) is 0 Å². The summed E-state index contributed by atoms with van der Waals surface area (Å²) in [6, 6.07) is 4.32. The second kappa shape index (κ2) is 6.74. The Bertz CT molecular complexity index is 560. The summed E-state index contributed by atoms with van der Waals surface area (Å²) in [7, 11) is -2.36.